The lowest BCUT2D eigenvalue weighted by Gasteiger charge is -2.12. The van der Waals surface area contributed by atoms with Crippen LogP contribution in [-0.4, -0.2) is 34.7 Å². The number of aromatic nitrogens is 2. The molecule has 0 N–H and O–H groups in total. The number of benzene rings is 1. The average Bonchev–Trinajstić information content (AvgIpc) is 2.89. The van der Waals surface area contributed by atoms with Crippen LogP contribution in [0.5, 0.6) is 0 Å². The van der Waals surface area contributed by atoms with Gasteiger partial charge < -0.3 is 14.0 Å². The van der Waals surface area contributed by atoms with Crippen molar-refractivity contribution in [2.45, 2.75) is 27.7 Å². The molecule has 0 radical (unpaired) electrons. The summed E-state index contributed by atoms with van der Waals surface area (Å²) < 4.78 is 11.8. The highest BCUT2D eigenvalue weighted by Crippen LogP contribution is 2.22. The zero-order valence-corrected chi connectivity index (χ0v) is 13.8. The Morgan fingerprint density at radius 1 is 1.09 bits per heavy atom. The zero-order chi connectivity index (χ0) is 17.0. The number of nitrogens with zero attached hydrogens (tertiary/aromatic N) is 2. The lowest BCUT2D eigenvalue weighted by molar-refractivity contribution is 0.0512. The molecule has 0 amide bonds. The molecule has 0 bridgehead atoms. The van der Waals surface area contributed by atoms with Crippen molar-refractivity contribution in [3.63, 3.8) is 0 Å². The van der Waals surface area contributed by atoms with Gasteiger partial charge in [-0.25, -0.2) is 14.6 Å². The molecular weight excluding hydrogens is 296 g/mol. The molecule has 0 unspecified atom stereocenters. The van der Waals surface area contributed by atoms with Crippen LogP contribution in [0.3, 0.4) is 0 Å². The fourth-order valence-corrected chi connectivity index (χ4v) is 2.37. The van der Waals surface area contributed by atoms with Gasteiger partial charge in [-0.3, -0.25) is 0 Å². The van der Waals surface area contributed by atoms with Crippen molar-refractivity contribution in [1.29, 1.82) is 0 Å². The third-order valence-corrected chi connectivity index (χ3v) is 3.54. The Bertz CT molecular complexity index is 734. The molecule has 0 fully saturated rings. The minimum atomic E-state index is -0.456. The van der Waals surface area contributed by atoms with Crippen LogP contribution >= 0.6 is 0 Å². The van der Waals surface area contributed by atoms with Gasteiger partial charge in [0.15, 0.2) is 5.69 Å². The summed E-state index contributed by atoms with van der Waals surface area (Å²) >= 11 is 0. The SMILES string of the molecule is CCOC(=O)c1cccc(-n2cnc(C(=O)OCC)c2C)c1C. The van der Waals surface area contributed by atoms with Crippen LogP contribution in [0.15, 0.2) is 24.5 Å². The fraction of sp³-hybridized carbons (Fsp3) is 0.353. The molecule has 0 aliphatic carbocycles. The van der Waals surface area contributed by atoms with E-state index in [0.29, 0.717) is 24.5 Å². The molecule has 122 valence electrons. The highest BCUT2D eigenvalue weighted by atomic mass is 16.5. The summed E-state index contributed by atoms with van der Waals surface area (Å²) in [5.74, 6) is -0.821. The van der Waals surface area contributed by atoms with E-state index in [2.05, 4.69) is 4.98 Å². The number of carbonyl (C=O) groups is 2. The zero-order valence-electron chi connectivity index (χ0n) is 13.8. The van der Waals surface area contributed by atoms with Gasteiger partial charge in [-0.05, 0) is 45.4 Å². The molecule has 0 spiro atoms. The van der Waals surface area contributed by atoms with Gasteiger partial charge in [0, 0.05) is 0 Å². The lowest BCUT2D eigenvalue weighted by atomic mass is 10.1. The fourth-order valence-electron chi connectivity index (χ4n) is 2.37. The van der Waals surface area contributed by atoms with Crippen molar-refractivity contribution in [1.82, 2.24) is 9.55 Å². The topological polar surface area (TPSA) is 70.4 Å². The van der Waals surface area contributed by atoms with E-state index in [1.54, 1.807) is 43.8 Å². The predicted molar refractivity (Wildman–Crippen MR) is 85.0 cm³/mol. The van der Waals surface area contributed by atoms with Crippen molar-refractivity contribution in [2.75, 3.05) is 13.2 Å². The highest BCUT2D eigenvalue weighted by Gasteiger charge is 2.19. The molecule has 0 saturated heterocycles. The summed E-state index contributed by atoms with van der Waals surface area (Å²) in [4.78, 5) is 28.0. The second-order valence-corrected chi connectivity index (χ2v) is 4.94. The molecule has 0 atom stereocenters. The van der Waals surface area contributed by atoms with Crippen molar-refractivity contribution < 1.29 is 19.1 Å². The molecule has 2 aromatic rings. The van der Waals surface area contributed by atoms with Crippen molar-refractivity contribution in [3.8, 4) is 5.69 Å². The molecule has 6 nitrogen and oxygen atoms in total. The first kappa shape index (κ1) is 16.7. The van der Waals surface area contributed by atoms with Gasteiger partial charge in [0.2, 0.25) is 0 Å². The molecule has 1 heterocycles. The van der Waals surface area contributed by atoms with Crippen LogP contribution < -0.4 is 0 Å². The molecule has 0 aliphatic rings. The van der Waals surface area contributed by atoms with Crippen molar-refractivity contribution in [3.05, 3.63) is 47.0 Å². The van der Waals surface area contributed by atoms with E-state index in [1.165, 1.54) is 0 Å². The molecule has 23 heavy (non-hydrogen) atoms. The van der Waals surface area contributed by atoms with E-state index >= 15 is 0 Å². The Balaban J connectivity index is 2.46. The Labute approximate surface area is 135 Å². The van der Waals surface area contributed by atoms with Gasteiger partial charge in [0.25, 0.3) is 0 Å². The van der Waals surface area contributed by atoms with Crippen molar-refractivity contribution >= 4 is 11.9 Å². The molecular formula is C17H20N2O4. The maximum atomic E-state index is 12.0. The quantitative estimate of drug-likeness (QED) is 0.793. The first-order chi connectivity index (χ1) is 11.0. The van der Waals surface area contributed by atoms with Gasteiger partial charge in [-0.15, -0.1) is 0 Å². The third kappa shape index (κ3) is 3.26. The number of hydrogen-bond acceptors (Lipinski definition) is 5. The van der Waals surface area contributed by atoms with Gasteiger partial charge in [0.05, 0.1) is 30.2 Å². The number of esters is 2. The second-order valence-electron chi connectivity index (χ2n) is 4.94. The summed E-state index contributed by atoms with van der Waals surface area (Å²) in [5, 5.41) is 0. The number of hydrogen-bond donors (Lipinski definition) is 0. The summed E-state index contributed by atoms with van der Waals surface area (Å²) in [7, 11) is 0. The number of ether oxygens (including phenoxy) is 2. The summed E-state index contributed by atoms with van der Waals surface area (Å²) in [6.45, 7) is 7.75. The van der Waals surface area contributed by atoms with E-state index in [-0.39, 0.29) is 11.7 Å². The Hall–Kier alpha value is -2.63. The molecule has 1 aromatic heterocycles. The molecule has 2 rings (SSSR count). The summed E-state index contributed by atoms with van der Waals surface area (Å²) in [6, 6.07) is 5.36. The lowest BCUT2D eigenvalue weighted by Crippen LogP contribution is -2.10. The number of carbonyl (C=O) groups excluding carboxylic acids is 2. The van der Waals surface area contributed by atoms with E-state index in [0.717, 1.165) is 11.3 Å². The molecule has 0 aliphatic heterocycles. The summed E-state index contributed by atoms with van der Waals surface area (Å²) in [6.07, 6.45) is 1.55. The maximum absolute atomic E-state index is 12.0. The van der Waals surface area contributed by atoms with Gasteiger partial charge in [-0.2, -0.15) is 0 Å². The smallest absolute Gasteiger partial charge is 0.358 e. The number of rotatable bonds is 5. The van der Waals surface area contributed by atoms with Gasteiger partial charge in [-0.1, -0.05) is 6.07 Å². The Morgan fingerprint density at radius 3 is 2.39 bits per heavy atom. The predicted octanol–water partition coefficient (Wildman–Crippen LogP) is 2.84. The van der Waals surface area contributed by atoms with Crippen LogP contribution in [0.4, 0.5) is 0 Å². The van der Waals surface area contributed by atoms with E-state index in [9.17, 15) is 9.59 Å². The van der Waals surface area contributed by atoms with Crippen molar-refractivity contribution in [2.24, 2.45) is 0 Å². The first-order valence-corrected chi connectivity index (χ1v) is 7.49. The Morgan fingerprint density at radius 2 is 1.74 bits per heavy atom. The monoisotopic (exact) mass is 316 g/mol. The standard InChI is InChI=1S/C17H20N2O4/c1-5-22-16(20)13-8-7-9-14(11(13)3)19-10-18-15(12(19)4)17(21)23-6-2/h7-10H,5-6H2,1-4H3. The largest absolute Gasteiger partial charge is 0.462 e. The van der Waals surface area contributed by atoms with Crippen LogP contribution in [0.1, 0.15) is 46.0 Å². The normalized spacial score (nSPS) is 10.4. The first-order valence-electron chi connectivity index (χ1n) is 7.49. The second kappa shape index (κ2) is 7.09. The molecule has 1 aromatic carbocycles. The van der Waals surface area contributed by atoms with E-state index < -0.39 is 5.97 Å². The van der Waals surface area contributed by atoms with E-state index in [1.807, 2.05) is 13.0 Å². The van der Waals surface area contributed by atoms with Crippen LogP contribution in [0.2, 0.25) is 0 Å². The highest BCUT2D eigenvalue weighted by molar-refractivity contribution is 5.92. The van der Waals surface area contributed by atoms with Crippen LogP contribution in [0, 0.1) is 13.8 Å². The van der Waals surface area contributed by atoms with Gasteiger partial charge in [0.1, 0.15) is 6.33 Å². The summed E-state index contributed by atoms with van der Waals surface area (Å²) in [5.41, 5.74) is 2.97. The molecule has 6 heteroatoms. The average molecular weight is 316 g/mol. The minimum absolute atomic E-state index is 0.271. The van der Waals surface area contributed by atoms with E-state index in [4.69, 9.17) is 9.47 Å². The molecule has 0 saturated carbocycles. The number of imidazole rings is 1. The maximum Gasteiger partial charge on any atom is 0.358 e. The minimum Gasteiger partial charge on any atom is -0.462 e. The van der Waals surface area contributed by atoms with Gasteiger partial charge >= 0.3 is 11.9 Å². The van der Waals surface area contributed by atoms with Crippen LogP contribution in [0.25, 0.3) is 5.69 Å². The third-order valence-electron chi connectivity index (χ3n) is 3.54. The van der Waals surface area contributed by atoms with Crippen LogP contribution in [-0.2, 0) is 9.47 Å². The Kier molecular flexibility index (Phi) is 5.16.